The van der Waals surface area contributed by atoms with E-state index >= 15 is 0 Å². The Bertz CT molecular complexity index is 1250. The molecule has 2 aromatic heterocycles. The number of thiocarbonyl (C=S) groups is 1. The van der Waals surface area contributed by atoms with Crippen LogP contribution in [-0.4, -0.2) is 108 Å². The summed E-state index contributed by atoms with van der Waals surface area (Å²) in [7, 11) is 1.67. The second kappa shape index (κ2) is 13.1. The lowest BCUT2D eigenvalue weighted by molar-refractivity contribution is 0.0357. The second-order valence-electron chi connectivity index (χ2n) is 9.66. The van der Waals surface area contributed by atoms with E-state index in [0.717, 1.165) is 98.7 Å². The standard InChI is InChI=1S/C27H36N8O3S/c1-20-16-29-21(17-28-20)18-30-27(39)35-7-5-34(6-8-35)26-22-14-24(36-2)25(15-23(22)31-19-32-26)38-11-3-4-33-9-12-37-13-10-33/h14-17,19H,3-13,18H2,1-2H3,(H,30,39). The topological polar surface area (TPSA) is 101 Å². The third-order valence-electron chi connectivity index (χ3n) is 7.00. The number of hydrogen-bond acceptors (Lipinski definition) is 10. The van der Waals surface area contributed by atoms with Crippen molar-refractivity contribution in [1.29, 1.82) is 0 Å². The van der Waals surface area contributed by atoms with Gasteiger partial charge in [-0.1, -0.05) is 0 Å². The number of aryl methyl sites for hydroxylation is 1. The normalized spacial score (nSPS) is 16.4. The van der Waals surface area contributed by atoms with Gasteiger partial charge in [-0.2, -0.15) is 0 Å². The van der Waals surface area contributed by atoms with E-state index in [4.69, 9.17) is 26.4 Å². The van der Waals surface area contributed by atoms with Crippen molar-refractivity contribution in [1.82, 2.24) is 35.1 Å². The molecule has 2 saturated heterocycles. The van der Waals surface area contributed by atoms with Crippen LogP contribution in [0.25, 0.3) is 10.9 Å². The molecule has 1 N–H and O–H groups in total. The maximum atomic E-state index is 6.12. The highest BCUT2D eigenvalue weighted by molar-refractivity contribution is 7.80. The SMILES string of the molecule is COc1cc2c(N3CCN(C(=S)NCc4cnc(C)cn4)CC3)ncnc2cc1OCCCN1CCOCC1. The van der Waals surface area contributed by atoms with Gasteiger partial charge < -0.3 is 29.3 Å². The van der Waals surface area contributed by atoms with Gasteiger partial charge in [0.1, 0.15) is 12.1 Å². The van der Waals surface area contributed by atoms with Crippen LogP contribution < -0.4 is 19.7 Å². The van der Waals surface area contributed by atoms with E-state index in [9.17, 15) is 0 Å². The van der Waals surface area contributed by atoms with Crippen molar-refractivity contribution in [2.75, 3.05) is 77.6 Å². The van der Waals surface area contributed by atoms with Crippen LogP contribution in [0.15, 0.2) is 30.9 Å². The Balaban J connectivity index is 1.18. The van der Waals surface area contributed by atoms with Gasteiger partial charge in [0.25, 0.3) is 0 Å². The molecule has 4 heterocycles. The van der Waals surface area contributed by atoms with E-state index in [-0.39, 0.29) is 0 Å². The molecule has 0 radical (unpaired) electrons. The van der Waals surface area contributed by atoms with Gasteiger partial charge >= 0.3 is 0 Å². The van der Waals surface area contributed by atoms with Crippen LogP contribution in [0.3, 0.4) is 0 Å². The average molecular weight is 553 g/mol. The van der Waals surface area contributed by atoms with Crippen LogP contribution in [0.4, 0.5) is 5.82 Å². The molecule has 0 aliphatic carbocycles. The fraction of sp³-hybridized carbons (Fsp3) is 0.519. The zero-order chi connectivity index (χ0) is 27.0. The Morgan fingerprint density at radius 2 is 1.82 bits per heavy atom. The molecule has 0 atom stereocenters. The molecule has 0 amide bonds. The zero-order valence-electron chi connectivity index (χ0n) is 22.6. The number of benzene rings is 1. The number of fused-ring (bicyclic) bond motifs is 1. The summed E-state index contributed by atoms with van der Waals surface area (Å²) in [6, 6.07) is 3.94. The minimum Gasteiger partial charge on any atom is -0.493 e. The number of anilines is 1. The number of nitrogens with one attached hydrogen (secondary N) is 1. The lowest BCUT2D eigenvalue weighted by Gasteiger charge is -2.37. The van der Waals surface area contributed by atoms with Crippen molar-refractivity contribution >= 4 is 34.1 Å². The number of piperazine rings is 1. The van der Waals surface area contributed by atoms with Crippen LogP contribution in [0, 0.1) is 6.92 Å². The number of rotatable bonds is 9. The van der Waals surface area contributed by atoms with E-state index in [1.54, 1.807) is 25.8 Å². The summed E-state index contributed by atoms with van der Waals surface area (Å²) in [5.74, 6) is 2.29. The molecule has 11 nitrogen and oxygen atoms in total. The molecule has 0 spiro atoms. The van der Waals surface area contributed by atoms with Crippen LogP contribution in [-0.2, 0) is 11.3 Å². The number of nitrogens with zero attached hydrogens (tertiary/aromatic N) is 7. The van der Waals surface area contributed by atoms with E-state index in [0.29, 0.717) is 24.7 Å². The molecule has 2 fully saturated rings. The van der Waals surface area contributed by atoms with Crippen LogP contribution in [0.5, 0.6) is 11.5 Å². The van der Waals surface area contributed by atoms with Gasteiger partial charge in [-0.15, -0.1) is 0 Å². The van der Waals surface area contributed by atoms with Gasteiger partial charge in [0.05, 0.1) is 56.6 Å². The molecule has 0 unspecified atom stereocenters. The predicted octanol–water partition coefficient (Wildman–Crippen LogP) is 2.03. The van der Waals surface area contributed by atoms with E-state index < -0.39 is 0 Å². The Morgan fingerprint density at radius 3 is 2.56 bits per heavy atom. The van der Waals surface area contributed by atoms with Gasteiger partial charge in [0, 0.05) is 63.5 Å². The second-order valence-corrected chi connectivity index (χ2v) is 10.0. The van der Waals surface area contributed by atoms with Crippen molar-refractivity contribution in [2.24, 2.45) is 0 Å². The number of hydrogen-bond donors (Lipinski definition) is 1. The molecule has 5 rings (SSSR count). The number of morpholine rings is 1. The van der Waals surface area contributed by atoms with Gasteiger partial charge in [0.2, 0.25) is 0 Å². The fourth-order valence-electron chi connectivity index (χ4n) is 4.78. The van der Waals surface area contributed by atoms with Crippen molar-refractivity contribution in [3.63, 3.8) is 0 Å². The first-order valence-corrected chi connectivity index (χ1v) is 13.8. The first kappa shape index (κ1) is 27.2. The molecule has 2 aliphatic heterocycles. The first-order chi connectivity index (χ1) is 19.1. The molecular weight excluding hydrogens is 516 g/mol. The van der Waals surface area contributed by atoms with Gasteiger partial charge in [-0.25, -0.2) is 9.97 Å². The smallest absolute Gasteiger partial charge is 0.169 e. The molecule has 39 heavy (non-hydrogen) atoms. The maximum absolute atomic E-state index is 6.12. The Kier molecular flexibility index (Phi) is 9.17. The summed E-state index contributed by atoms with van der Waals surface area (Å²) in [6.45, 7) is 10.8. The average Bonchev–Trinajstić information content (AvgIpc) is 2.98. The van der Waals surface area contributed by atoms with Crippen molar-refractivity contribution in [3.05, 3.63) is 42.2 Å². The summed E-state index contributed by atoms with van der Waals surface area (Å²) >= 11 is 5.64. The Hall–Kier alpha value is -3.35. The van der Waals surface area contributed by atoms with Gasteiger partial charge in [0.15, 0.2) is 16.6 Å². The molecule has 12 heteroatoms. The summed E-state index contributed by atoms with van der Waals surface area (Å²) in [6.07, 6.45) is 6.10. The minimum atomic E-state index is 0.556. The van der Waals surface area contributed by atoms with E-state index in [1.165, 1.54) is 0 Å². The third kappa shape index (κ3) is 7.00. The molecule has 0 bridgehead atoms. The van der Waals surface area contributed by atoms with Gasteiger partial charge in [-0.05, 0) is 31.6 Å². The largest absolute Gasteiger partial charge is 0.493 e. The fourth-order valence-corrected chi connectivity index (χ4v) is 5.03. The monoisotopic (exact) mass is 552 g/mol. The third-order valence-corrected chi connectivity index (χ3v) is 7.40. The highest BCUT2D eigenvalue weighted by Gasteiger charge is 2.22. The first-order valence-electron chi connectivity index (χ1n) is 13.4. The number of ether oxygens (including phenoxy) is 3. The lowest BCUT2D eigenvalue weighted by atomic mass is 10.2. The van der Waals surface area contributed by atoms with Crippen molar-refractivity contribution in [3.8, 4) is 11.5 Å². The Labute approximate surface area is 234 Å². The number of aromatic nitrogens is 4. The summed E-state index contributed by atoms with van der Waals surface area (Å²) in [5.41, 5.74) is 2.60. The highest BCUT2D eigenvalue weighted by Crippen LogP contribution is 2.35. The van der Waals surface area contributed by atoms with E-state index in [2.05, 4.69) is 40.0 Å². The molecule has 1 aromatic carbocycles. The molecule has 3 aromatic rings. The van der Waals surface area contributed by atoms with Crippen LogP contribution in [0.2, 0.25) is 0 Å². The highest BCUT2D eigenvalue weighted by atomic mass is 32.1. The molecule has 0 saturated carbocycles. The maximum Gasteiger partial charge on any atom is 0.169 e. The molecule has 208 valence electrons. The molecular formula is C27H36N8O3S. The summed E-state index contributed by atoms with van der Waals surface area (Å²) < 4.78 is 17.2. The Morgan fingerprint density at radius 1 is 1.00 bits per heavy atom. The minimum absolute atomic E-state index is 0.556. The van der Waals surface area contributed by atoms with E-state index in [1.807, 2.05) is 19.1 Å². The zero-order valence-corrected chi connectivity index (χ0v) is 23.5. The van der Waals surface area contributed by atoms with Crippen LogP contribution >= 0.6 is 12.2 Å². The quantitative estimate of drug-likeness (QED) is 0.311. The molecule has 2 aliphatic rings. The predicted molar refractivity (Wildman–Crippen MR) is 153 cm³/mol. The van der Waals surface area contributed by atoms with Gasteiger partial charge in [-0.3, -0.25) is 14.9 Å². The number of methoxy groups -OCH3 is 1. The van der Waals surface area contributed by atoms with Crippen LogP contribution in [0.1, 0.15) is 17.8 Å². The summed E-state index contributed by atoms with van der Waals surface area (Å²) in [4.78, 5) is 24.7. The van der Waals surface area contributed by atoms with Crippen molar-refractivity contribution < 1.29 is 14.2 Å². The van der Waals surface area contributed by atoms with Crippen molar-refractivity contribution in [2.45, 2.75) is 19.9 Å². The lowest BCUT2D eigenvalue weighted by Crippen LogP contribution is -2.51. The summed E-state index contributed by atoms with van der Waals surface area (Å²) in [5, 5.41) is 4.98.